The lowest BCUT2D eigenvalue weighted by Crippen LogP contribution is -2.40. The Hall–Kier alpha value is -2.07. The van der Waals surface area contributed by atoms with Crippen LogP contribution in [0.15, 0.2) is 46.1 Å². The van der Waals surface area contributed by atoms with E-state index in [0.29, 0.717) is 37.7 Å². The van der Waals surface area contributed by atoms with Gasteiger partial charge < -0.3 is 10.1 Å². The van der Waals surface area contributed by atoms with Gasteiger partial charge in [0, 0.05) is 30.2 Å². The molecule has 1 aliphatic rings. The van der Waals surface area contributed by atoms with Gasteiger partial charge in [-0.05, 0) is 30.3 Å². The van der Waals surface area contributed by atoms with Crippen LogP contribution < -0.4 is 5.32 Å². The minimum absolute atomic E-state index is 0.199. The van der Waals surface area contributed by atoms with Crippen molar-refractivity contribution < 1.29 is 17.9 Å². The first-order valence-corrected chi connectivity index (χ1v) is 9.99. The lowest BCUT2D eigenvalue weighted by atomic mass is 10.3. The Morgan fingerprint density at radius 2 is 1.96 bits per heavy atom. The topological polar surface area (TPSA) is 88.6 Å². The summed E-state index contributed by atoms with van der Waals surface area (Å²) in [5, 5.41) is 4.51. The fraction of sp³-hybridized carbons (Fsp3) is 0.250. The summed E-state index contributed by atoms with van der Waals surface area (Å²) in [6.45, 7) is 1.50. The Kier molecular flexibility index (Phi) is 5.59. The molecule has 0 aliphatic carbocycles. The largest absolute Gasteiger partial charge is 0.379 e. The number of ether oxygens (including phenoxy) is 1. The van der Waals surface area contributed by atoms with E-state index in [1.54, 1.807) is 23.7 Å². The highest BCUT2D eigenvalue weighted by molar-refractivity contribution is 7.89. The van der Waals surface area contributed by atoms with E-state index < -0.39 is 10.0 Å². The van der Waals surface area contributed by atoms with Crippen molar-refractivity contribution in [3.8, 4) is 0 Å². The molecule has 1 saturated heterocycles. The Balaban J connectivity index is 1.64. The standard InChI is InChI=1S/C16H17N3O4S2/c20-16(6-3-14-11-24-12-17-14)18-13-1-4-15(5-2-13)25(21,22)19-7-9-23-10-8-19/h1-6,11-12H,7-10H2,(H,18,20)/b6-3+. The number of morpholine rings is 1. The summed E-state index contributed by atoms with van der Waals surface area (Å²) in [5.41, 5.74) is 2.92. The molecule has 0 atom stereocenters. The molecule has 3 rings (SSSR count). The van der Waals surface area contributed by atoms with Crippen LogP contribution in [-0.4, -0.2) is 49.9 Å². The summed E-state index contributed by atoms with van der Waals surface area (Å²) in [7, 11) is -3.53. The molecule has 2 heterocycles. The smallest absolute Gasteiger partial charge is 0.248 e. The summed E-state index contributed by atoms with van der Waals surface area (Å²) in [6.07, 6.45) is 3.00. The first kappa shape index (κ1) is 17.7. The number of carbonyl (C=O) groups excluding carboxylic acids is 1. The molecule has 1 aromatic carbocycles. The Labute approximate surface area is 150 Å². The maximum absolute atomic E-state index is 12.5. The maximum atomic E-state index is 12.5. The first-order valence-electron chi connectivity index (χ1n) is 7.61. The van der Waals surface area contributed by atoms with Crippen LogP contribution in [0.1, 0.15) is 5.69 Å². The van der Waals surface area contributed by atoms with Crippen LogP contribution in [0.4, 0.5) is 5.69 Å². The van der Waals surface area contributed by atoms with Gasteiger partial charge in [-0.25, -0.2) is 13.4 Å². The summed E-state index contributed by atoms with van der Waals surface area (Å²) in [4.78, 5) is 16.1. The van der Waals surface area contributed by atoms with Crippen molar-refractivity contribution in [3.05, 3.63) is 46.9 Å². The third-order valence-electron chi connectivity index (χ3n) is 3.59. The minimum Gasteiger partial charge on any atom is -0.379 e. The molecule has 2 aromatic rings. The van der Waals surface area contributed by atoms with Gasteiger partial charge in [0.25, 0.3) is 0 Å². The summed E-state index contributed by atoms with van der Waals surface area (Å²) < 4.78 is 31.6. The second-order valence-electron chi connectivity index (χ2n) is 5.28. The van der Waals surface area contributed by atoms with Crippen molar-refractivity contribution in [2.24, 2.45) is 0 Å². The fourth-order valence-electron chi connectivity index (χ4n) is 2.30. The molecule has 9 heteroatoms. The van der Waals surface area contributed by atoms with Crippen LogP contribution in [0.5, 0.6) is 0 Å². The molecule has 1 fully saturated rings. The Bertz CT molecular complexity index is 840. The number of thiazole rings is 1. The monoisotopic (exact) mass is 379 g/mol. The molecule has 1 aromatic heterocycles. The van der Waals surface area contributed by atoms with Crippen LogP contribution >= 0.6 is 11.3 Å². The van der Waals surface area contributed by atoms with Crippen molar-refractivity contribution in [1.82, 2.24) is 9.29 Å². The third kappa shape index (κ3) is 4.51. The van der Waals surface area contributed by atoms with E-state index >= 15 is 0 Å². The predicted octanol–water partition coefficient (Wildman–Crippen LogP) is 1.82. The molecule has 0 spiro atoms. The number of benzene rings is 1. The van der Waals surface area contributed by atoms with Gasteiger partial charge in [0.2, 0.25) is 15.9 Å². The molecule has 1 amide bonds. The van der Waals surface area contributed by atoms with E-state index in [4.69, 9.17) is 4.74 Å². The number of nitrogens with one attached hydrogen (secondary N) is 1. The van der Waals surface area contributed by atoms with E-state index in [0.717, 1.165) is 0 Å². The molecule has 25 heavy (non-hydrogen) atoms. The average Bonchev–Trinajstić information content (AvgIpc) is 3.15. The number of hydrogen-bond donors (Lipinski definition) is 1. The van der Waals surface area contributed by atoms with E-state index in [1.807, 2.05) is 5.38 Å². The van der Waals surface area contributed by atoms with Crippen molar-refractivity contribution in [2.75, 3.05) is 31.6 Å². The highest BCUT2D eigenvalue weighted by Crippen LogP contribution is 2.19. The minimum atomic E-state index is -3.53. The highest BCUT2D eigenvalue weighted by Gasteiger charge is 2.26. The first-order chi connectivity index (χ1) is 12.1. The lowest BCUT2D eigenvalue weighted by molar-refractivity contribution is -0.111. The van der Waals surface area contributed by atoms with Crippen LogP contribution in [0, 0.1) is 0 Å². The zero-order valence-corrected chi connectivity index (χ0v) is 14.9. The number of sulfonamides is 1. The number of anilines is 1. The Morgan fingerprint density at radius 1 is 1.24 bits per heavy atom. The second-order valence-corrected chi connectivity index (χ2v) is 7.93. The maximum Gasteiger partial charge on any atom is 0.248 e. The molecule has 1 aliphatic heterocycles. The molecular formula is C16H17N3O4S2. The number of carbonyl (C=O) groups is 1. The van der Waals surface area contributed by atoms with Crippen LogP contribution in [-0.2, 0) is 19.6 Å². The summed E-state index contributed by atoms with van der Waals surface area (Å²) in [6, 6.07) is 6.12. The van der Waals surface area contributed by atoms with Crippen LogP contribution in [0.3, 0.4) is 0 Å². The third-order valence-corrected chi connectivity index (χ3v) is 6.10. The van der Waals surface area contributed by atoms with Crippen molar-refractivity contribution in [3.63, 3.8) is 0 Å². The van der Waals surface area contributed by atoms with E-state index in [9.17, 15) is 13.2 Å². The molecule has 7 nitrogen and oxygen atoms in total. The van der Waals surface area contributed by atoms with Crippen LogP contribution in [0.2, 0.25) is 0 Å². The van der Waals surface area contributed by atoms with Gasteiger partial charge in [-0.2, -0.15) is 4.31 Å². The zero-order chi connectivity index (χ0) is 17.7. The number of hydrogen-bond acceptors (Lipinski definition) is 6. The molecule has 0 radical (unpaired) electrons. The lowest BCUT2D eigenvalue weighted by Gasteiger charge is -2.26. The Morgan fingerprint density at radius 3 is 2.60 bits per heavy atom. The molecular weight excluding hydrogens is 362 g/mol. The van der Waals surface area contributed by atoms with Gasteiger partial charge in [0.05, 0.1) is 29.3 Å². The average molecular weight is 379 g/mol. The number of nitrogens with zero attached hydrogens (tertiary/aromatic N) is 2. The predicted molar refractivity (Wildman–Crippen MR) is 95.8 cm³/mol. The quantitative estimate of drug-likeness (QED) is 0.801. The SMILES string of the molecule is O=C(/C=C/c1cscn1)Nc1ccc(S(=O)(=O)N2CCOCC2)cc1. The van der Waals surface area contributed by atoms with Gasteiger partial charge in [0.1, 0.15) is 0 Å². The number of aromatic nitrogens is 1. The fourth-order valence-corrected chi connectivity index (χ4v) is 4.23. The van der Waals surface area contributed by atoms with Crippen molar-refractivity contribution >= 4 is 39.0 Å². The number of amides is 1. The molecule has 0 unspecified atom stereocenters. The van der Waals surface area contributed by atoms with Crippen LogP contribution in [0.25, 0.3) is 6.08 Å². The summed E-state index contributed by atoms with van der Waals surface area (Å²) in [5.74, 6) is -0.309. The highest BCUT2D eigenvalue weighted by atomic mass is 32.2. The molecule has 0 bridgehead atoms. The van der Waals surface area contributed by atoms with Crippen molar-refractivity contribution in [1.29, 1.82) is 0 Å². The van der Waals surface area contributed by atoms with Gasteiger partial charge in [-0.3, -0.25) is 4.79 Å². The van der Waals surface area contributed by atoms with Gasteiger partial charge in [-0.1, -0.05) is 0 Å². The van der Waals surface area contributed by atoms with E-state index in [2.05, 4.69) is 10.3 Å². The van der Waals surface area contributed by atoms with Gasteiger partial charge in [0.15, 0.2) is 0 Å². The summed E-state index contributed by atoms with van der Waals surface area (Å²) >= 11 is 1.45. The van der Waals surface area contributed by atoms with Gasteiger partial charge in [-0.15, -0.1) is 11.3 Å². The second kappa shape index (κ2) is 7.87. The van der Waals surface area contributed by atoms with Gasteiger partial charge >= 0.3 is 0 Å². The molecule has 1 N–H and O–H groups in total. The zero-order valence-electron chi connectivity index (χ0n) is 13.3. The van der Waals surface area contributed by atoms with E-state index in [1.165, 1.54) is 33.9 Å². The number of rotatable bonds is 5. The molecule has 132 valence electrons. The normalized spacial score (nSPS) is 16.2. The van der Waals surface area contributed by atoms with E-state index in [-0.39, 0.29) is 10.8 Å². The molecule has 0 saturated carbocycles. The van der Waals surface area contributed by atoms with Crippen molar-refractivity contribution in [2.45, 2.75) is 4.90 Å².